The number of unbranched alkanes of at least 4 members (excludes halogenated alkanes) is 1. The number of carbonyl (C=O) groups excluding carboxylic acids is 2. The number of pyridine rings is 1. The second kappa shape index (κ2) is 6.33. The number of fused-ring (bicyclic) bond motifs is 2. The molecule has 24 heavy (non-hydrogen) atoms. The van der Waals surface area contributed by atoms with Gasteiger partial charge in [0.05, 0.1) is 25.5 Å². The second-order valence-corrected chi connectivity index (χ2v) is 6.69. The Balaban J connectivity index is 2.08. The van der Waals surface area contributed by atoms with Crippen LogP contribution in [-0.4, -0.2) is 36.7 Å². The molecule has 0 radical (unpaired) electrons. The topological polar surface area (TPSA) is 77.5 Å². The molecule has 130 valence electrons. The van der Waals surface area contributed by atoms with Crippen molar-refractivity contribution in [2.75, 3.05) is 19.8 Å². The molecule has 1 atom stereocenters. The van der Waals surface area contributed by atoms with Gasteiger partial charge in [-0.3, -0.25) is 9.59 Å². The van der Waals surface area contributed by atoms with Crippen molar-refractivity contribution in [3.05, 3.63) is 28.5 Å². The Bertz CT molecular complexity index is 675. The second-order valence-electron chi connectivity index (χ2n) is 6.31. The number of esters is 1. The fourth-order valence-electron chi connectivity index (χ4n) is 3.27. The van der Waals surface area contributed by atoms with E-state index in [9.17, 15) is 9.59 Å². The predicted octanol–water partition coefficient (Wildman–Crippen LogP) is 2.08. The number of hydrogen-bond donors (Lipinski definition) is 1. The lowest BCUT2D eigenvalue weighted by atomic mass is 9.69. The quantitative estimate of drug-likeness (QED) is 0.380. The van der Waals surface area contributed by atoms with E-state index in [1.165, 1.54) is 0 Å². The van der Waals surface area contributed by atoms with Crippen LogP contribution in [0.15, 0.2) is 12.1 Å². The number of carbonyl (C=O) groups is 2. The highest BCUT2D eigenvalue weighted by molar-refractivity contribution is 6.29. The summed E-state index contributed by atoms with van der Waals surface area (Å²) >= 11 is 6.07. The normalized spacial score (nSPS) is 24.0. The van der Waals surface area contributed by atoms with Crippen LogP contribution in [0.1, 0.15) is 44.4 Å². The highest BCUT2D eigenvalue weighted by Crippen LogP contribution is 2.44. The number of rotatable bonds is 5. The van der Waals surface area contributed by atoms with Crippen LogP contribution in [0.3, 0.4) is 0 Å². The number of aromatic nitrogens is 1. The van der Waals surface area contributed by atoms with E-state index in [0.717, 1.165) is 18.4 Å². The molecule has 0 aromatic carbocycles. The maximum atomic E-state index is 13.0. The van der Waals surface area contributed by atoms with Gasteiger partial charge in [0, 0.05) is 5.56 Å². The number of halogens is 1. The average molecular weight is 353 g/mol. The van der Waals surface area contributed by atoms with Crippen molar-refractivity contribution >= 4 is 23.5 Å². The molecular weight excluding hydrogens is 332 g/mol. The van der Waals surface area contributed by atoms with E-state index in [1.807, 2.05) is 13.0 Å². The van der Waals surface area contributed by atoms with Crippen LogP contribution in [0.25, 0.3) is 0 Å². The Morgan fingerprint density at radius 1 is 1.42 bits per heavy atom. The molecule has 1 saturated heterocycles. The summed E-state index contributed by atoms with van der Waals surface area (Å²) in [4.78, 5) is 30.1. The molecule has 3 heterocycles. The minimum absolute atomic E-state index is 0.248. The van der Waals surface area contributed by atoms with Crippen molar-refractivity contribution in [2.24, 2.45) is 0 Å². The van der Waals surface area contributed by atoms with E-state index in [0.29, 0.717) is 18.9 Å². The molecule has 7 heteroatoms. The number of nitrogens with one attached hydrogen (secondary N) is 1. The Morgan fingerprint density at radius 2 is 2.17 bits per heavy atom. The summed E-state index contributed by atoms with van der Waals surface area (Å²) in [7, 11) is 0. The number of ether oxygens (including phenoxy) is 2. The minimum atomic E-state index is -1.46. The Morgan fingerprint density at radius 3 is 2.75 bits per heavy atom. The molecule has 1 amide bonds. The van der Waals surface area contributed by atoms with Crippen molar-refractivity contribution in [3.8, 4) is 0 Å². The SMILES string of the molecule is CCCCOC(=O)C1(CC)C(=O)NC2(COC2)c2ccc(Cl)nc21. The van der Waals surface area contributed by atoms with Gasteiger partial charge >= 0.3 is 5.97 Å². The third-order valence-corrected chi connectivity index (χ3v) is 5.04. The highest BCUT2D eigenvalue weighted by Gasteiger charge is 2.60. The molecule has 1 fully saturated rings. The monoisotopic (exact) mass is 352 g/mol. The van der Waals surface area contributed by atoms with Gasteiger partial charge in [-0.2, -0.15) is 0 Å². The molecule has 1 unspecified atom stereocenters. The van der Waals surface area contributed by atoms with Gasteiger partial charge < -0.3 is 14.8 Å². The molecule has 1 aromatic rings. The standard InChI is InChI=1S/C17H21ClN2O4/c1-3-5-8-24-15(22)17(4-2)13-11(6-7-12(18)19-13)16(9-23-10-16)20-14(17)21/h6-7H,3-5,8-10H2,1-2H3,(H,20,21). The first-order valence-corrected chi connectivity index (χ1v) is 8.63. The van der Waals surface area contributed by atoms with Crippen molar-refractivity contribution in [1.82, 2.24) is 10.3 Å². The molecular formula is C17H21ClN2O4. The van der Waals surface area contributed by atoms with Gasteiger partial charge in [0.25, 0.3) is 0 Å². The van der Waals surface area contributed by atoms with Gasteiger partial charge in [-0.1, -0.05) is 37.9 Å². The Kier molecular flexibility index (Phi) is 4.53. The van der Waals surface area contributed by atoms with Gasteiger partial charge in [-0.15, -0.1) is 0 Å². The van der Waals surface area contributed by atoms with Gasteiger partial charge in [0.1, 0.15) is 10.7 Å². The molecule has 6 nitrogen and oxygen atoms in total. The van der Waals surface area contributed by atoms with Crippen molar-refractivity contribution in [3.63, 3.8) is 0 Å². The van der Waals surface area contributed by atoms with Crippen LogP contribution >= 0.6 is 11.6 Å². The fraction of sp³-hybridized carbons (Fsp3) is 0.588. The molecule has 0 bridgehead atoms. The average Bonchev–Trinajstić information content (AvgIpc) is 2.53. The lowest BCUT2D eigenvalue weighted by molar-refractivity contribution is -0.162. The summed E-state index contributed by atoms with van der Waals surface area (Å²) in [6.45, 7) is 4.80. The number of nitrogens with zero attached hydrogens (tertiary/aromatic N) is 1. The highest BCUT2D eigenvalue weighted by atomic mass is 35.5. The lowest BCUT2D eigenvalue weighted by Gasteiger charge is -2.49. The van der Waals surface area contributed by atoms with Crippen LogP contribution in [0.5, 0.6) is 0 Å². The summed E-state index contributed by atoms with van der Waals surface area (Å²) in [5.74, 6) is -0.959. The zero-order valence-electron chi connectivity index (χ0n) is 13.9. The number of amides is 1. The first kappa shape index (κ1) is 17.2. The van der Waals surface area contributed by atoms with E-state index in [1.54, 1.807) is 13.0 Å². The van der Waals surface area contributed by atoms with E-state index in [2.05, 4.69) is 10.3 Å². The summed E-state index contributed by atoms with van der Waals surface area (Å²) in [6, 6.07) is 3.48. The predicted molar refractivity (Wildman–Crippen MR) is 87.7 cm³/mol. The van der Waals surface area contributed by atoms with Crippen LogP contribution < -0.4 is 5.32 Å². The Labute approximate surface area is 145 Å². The van der Waals surface area contributed by atoms with Gasteiger partial charge in [-0.25, -0.2) is 4.98 Å². The number of hydrogen-bond acceptors (Lipinski definition) is 5. The van der Waals surface area contributed by atoms with Gasteiger partial charge in [-0.05, 0) is 18.9 Å². The van der Waals surface area contributed by atoms with Crippen LogP contribution in [0.4, 0.5) is 0 Å². The zero-order chi connectivity index (χ0) is 17.4. The molecule has 3 rings (SSSR count). The third-order valence-electron chi connectivity index (χ3n) is 4.83. The maximum Gasteiger partial charge on any atom is 0.327 e. The van der Waals surface area contributed by atoms with Gasteiger partial charge in [0.15, 0.2) is 5.41 Å². The third kappa shape index (κ3) is 2.40. The van der Waals surface area contributed by atoms with Crippen LogP contribution in [0.2, 0.25) is 5.15 Å². The van der Waals surface area contributed by atoms with Crippen LogP contribution in [-0.2, 0) is 30.0 Å². The van der Waals surface area contributed by atoms with E-state index in [-0.39, 0.29) is 18.2 Å². The molecule has 1 aromatic heterocycles. The lowest BCUT2D eigenvalue weighted by Crippen LogP contribution is -2.69. The minimum Gasteiger partial charge on any atom is -0.465 e. The van der Waals surface area contributed by atoms with Crippen LogP contribution in [0, 0.1) is 0 Å². The summed E-state index contributed by atoms with van der Waals surface area (Å²) in [6.07, 6.45) is 1.90. The summed E-state index contributed by atoms with van der Waals surface area (Å²) < 4.78 is 10.7. The molecule has 0 aliphatic carbocycles. The first-order valence-electron chi connectivity index (χ1n) is 8.25. The van der Waals surface area contributed by atoms with E-state index in [4.69, 9.17) is 21.1 Å². The molecule has 1 spiro atoms. The zero-order valence-corrected chi connectivity index (χ0v) is 14.6. The van der Waals surface area contributed by atoms with E-state index >= 15 is 0 Å². The van der Waals surface area contributed by atoms with Crippen molar-refractivity contribution in [1.29, 1.82) is 0 Å². The fourth-order valence-corrected chi connectivity index (χ4v) is 3.42. The molecule has 0 saturated carbocycles. The first-order chi connectivity index (χ1) is 11.5. The molecule has 2 aliphatic rings. The maximum absolute atomic E-state index is 13.0. The van der Waals surface area contributed by atoms with Crippen molar-refractivity contribution < 1.29 is 19.1 Å². The van der Waals surface area contributed by atoms with Gasteiger partial charge in [0.2, 0.25) is 5.91 Å². The Hall–Kier alpha value is -1.66. The molecule has 2 aliphatic heterocycles. The summed E-state index contributed by atoms with van der Waals surface area (Å²) in [5, 5.41) is 3.22. The largest absolute Gasteiger partial charge is 0.465 e. The molecule has 1 N–H and O–H groups in total. The van der Waals surface area contributed by atoms with E-state index < -0.39 is 22.8 Å². The smallest absolute Gasteiger partial charge is 0.327 e. The summed E-state index contributed by atoms with van der Waals surface area (Å²) in [5.41, 5.74) is -0.903. The van der Waals surface area contributed by atoms with Crippen molar-refractivity contribution in [2.45, 2.75) is 44.1 Å².